The molecule has 0 bridgehead atoms. The molecular formula is C19H22O5S. The number of benzene rings is 2. The van der Waals surface area contributed by atoms with Gasteiger partial charge in [0, 0.05) is 0 Å². The molecule has 1 N–H and O–H groups in total. The van der Waals surface area contributed by atoms with Crippen LogP contribution in [-0.2, 0) is 26.0 Å². The first kappa shape index (κ1) is 18.1. The molecule has 1 aliphatic heterocycles. The lowest BCUT2D eigenvalue weighted by molar-refractivity contribution is -0.138. The summed E-state index contributed by atoms with van der Waals surface area (Å²) in [6, 6.07) is 14.7. The van der Waals surface area contributed by atoms with E-state index in [2.05, 4.69) is 0 Å². The highest BCUT2D eigenvalue weighted by Crippen LogP contribution is 2.29. The largest absolute Gasteiger partial charge is 0.348 e. The summed E-state index contributed by atoms with van der Waals surface area (Å²) in [6.45, 7) is 4.19. The minimum atomic E-state index is -4.27. The van der Waals surface area contributed by atoms with Crippen LogP contribution < -0.4 is 0 Å². The highest BCUT2D eigenvalue weighted by molar-refractivity contribution is 7.85. The standard InChI is InChI=1S/C19H22O5S/c1-19(2)23-13-17(24-19)10-8-16-12-15(14-6-4-3-5-7-14)9-11-18(16)25(20,21)22/h3-7,9,11-12,17H,8,10,13H2,1-2H3,(H,20,21,22)/t17-/m0/s1. The van der Waals surface area contributed by atoms with Crippen molar-refractivity contribution < 1.29 is 22.4 Å². The second kappa shape index (κ2) is 6.88. The van der Waals surface area contributed by atoms with Gasteiger partial charge < -0.3 is 9.47 Å². The molecule has 0 aromatic heterocycles. The van der Waals surface area contributed by atoms with Gasteiger partial charge in [0.05, 0.1) is 17.6 Å². The summed E-state index contributed by atoms with van der Waals surface area (Å²) in [5, 5.41) is 0. The van der Waals surface area contributed by atoms with E-state index in [1.807, 2.05) is 50.2 Å². The van der Waals surface area contributed by atoms with E-state index in [4.69, 9.17) is 9.47 Å². The topological polar surface area (TPSA) is 72.8 Å². The smallest absolute Gasteiger partial charge is 0.294 e. The van der Waals surface area contributed by atoms with Gasteiger partial charge in [0.25, 0.3) is 10.1 Å². The molecule has 2 aromatic rings. The van der Waals surface area contributed by atoms with Crippen molar-refractivity contribution in [3.05, 3.63) is 54.1 Å². The van der Waals surface area contributed by atoms with Gasteiger partial charge in [-0.25, -0.2) is 0 Å². The molecule has 1 aliphatic rings. The minimum absolute atomic E-state index is 0.0506. The van der Waals surface area contributed by atoms with Gasteiger partial charge in [-0.05, 0) is 55.5 Å². The molecule has 134 valence electrons. The summed E-state index contributed by atoms with van der Waals surface area (Å²) in [4.78, 5) is -0.0506. The van der Waals surface area contributed by atoms with Crippen molar-refractivity contribution in [1.82, 2.24) is 0 Å². The van der Waals surface area contributed by atoms with Crippen LogP contribution in [0.2, 0.25) is 0 Å². The Morgan fingerprint density at radius 3 is 2.44 bits per heavy atom. The van der Waals surface area contributed by atoms with Gasteiger partial charge in [-0.3, -0.25) is 4.55 Å². The van der Waals surface area contributed by atoms with Crippen molar-refractivity contribution in [1.29, 1.82) is 0 Å². The van der Waals surface area contributed by atoms with E-state index in [0.717, 1.165) is 11.1 Å². The molecule has 0 saturated carbocycles. The number of ether oxygens (including phenoxy) is 2. The second-order valence-corrected chi connectivity index (χ2v) is 8.04. The fraction of sp³-hybridized carbons (Fsp3) is 0.368. The van der Waals surface area contributed by atoms with Crippen molar-refractivity contribution in [2.24, 2.45) is 0 Å². The molecule has 1 fully saturated rings. The molecule has 1 saturated heterocycles. The van der Waals surface area contributed by atoms with E-state index in [1.54, 1.807) is 6.07 Å². The van der Waals surface area contributed by atoms with Gasteiger partial charge in [0.2, 0.25) is 0 Å². The van der Waals surface area contributed by atoms with Crippen LogP contribution in [0.3, 0.4) is 0 Å². The lowest BCUT2D eigenvalue weighted by atomic mass is 10.00. The summed E-state index contributed by atoms with van der Waals surface area (Å²) in [5.74, 6) is -0.609. The Balaban J connectivity index is 1.87. The Kier molecular flexibility index (Phi) is 4.97. The Bertz CT molecular complexity index is 843. The predicted octanol–water partition coefficient (Wildman–Crippen LogP) is 3.68. The van der Waals surface area contributed by atoms with Crippen LogP contribution in [0.5, 0.6) is 0 Å². The quantitative estimate of drug-likeness (QED) is 0.822. The third-order valence-corrected chi connectivity index (χ3v) is 5.20. The van der Waals surface area contributed by atoms with Crippen molar-refractivity contribution in [2.45, 2.75) is 43.5 Å². The number of aryl methyl sites for hydroxylation is 1. The average molecular weight is 362 g/mol. The third-order valence-electron chi connectivity index (χ3n) is 4.25. The SMILES string of the molecule is CC1(C)OC[C@H](CCc2cc(-c3ccccc3)ccc2S(=O)(=O)O)O1. The summed E-state index contributed by atoms with van der Waals surface area (Å²) in [6.07, 6.45) is 0.994. The van der Waals surface area contributed by atoms with Crippen LogP contribution >= 0.6 is 0 Å². The molecule has 1 heterocycles. The molecule has 0 spiro atoms. The fourth-order valence-corrected chi connectivity index (χ4v) is 3.79. The zero-order chi connectivity index (χ0) is 18.1. The van der Waals surface area contributed by atoms with Crippen molar-refractivity contribution in [2.75, 3.05) is 6.61 Å². The molecule has 1 atom stereocenters. The normalized spacial score (nSPS) is 19.9. The van der Waals surface area contributed by atoms with E-state index < -0.39 is 15.9 Å². The van der Waals surface area contributed by atoms with Crippen molar-refractivity contribution >= 4 is 10.1 Å². The van der Waals surface area contributed by atoms with E-state index >= 15 is 0 Å². The van der Waals surface area contributed by atoms with E-state index in [1.165, 1.54) is 6.07 Å². The summed E-state index contributed by atoms with van der Waals surface area (Å²) >= 11 is 0. The maximum absolute atomic E-state index is 11.7. The summed E-state index contributed by atoms with van der Waals surface area (Å²) < 4.78 is 44.2. The van der Waals surface area contributed by atoms with Gasteiger partial charge in [-0.1, -0.05) is 36.4 Å². The van der Waals surface area contributed by atoms with Crippen LogP contribution in [0.15, 0.2) is 53.4 Å². The van der Waals surface area contributed by atoms with Gasteiger partial charge in [0.1, 0.15) is 0 Å². The van der Waals surface area contributed by atoms with Gasteiger partial charge in [-0.15, -0.1) is 0 Å². The van der Waals surface area contributed by atoms with Gasteiger partial charge >= 0.3 is 0 Å². The van der Waals surface area contributed by atoms with Crippen LogP contribution in [0.1, 0.15) is 25.8 Å². The first-order valence-corrected chi connectivity index (χ1v) is 9.66. The zero-order valence-electron chi connectivity index (χ0n) is 14.3. The number of hydrogen-bond donors (Lipinski definition) is 1. The van der Waals surface area contributed by atoms with Crippen LogP contribution in [0.25, 0.3) is 11.1 Å². The Morgan fingerprint density at radius 2 is 1.84 bits per heavy atom. The van der Waals surface area contributed by atoms with Gasteiger partial charge in [0.15, 0.2) is 5.79 Å². The van der Waals surface area contributed by atoms with E-state index in [-0.39, 0.29) is 11.0 Å². The van der Waals surface area contributed by atoms with Crippen molar-refractivity contribution in [3.8, 4) is 11.1 Å². The second-order valence-electron chi connectivity index (χ2n) is 6.65. The number of rotatable bonds is 5. The molecule has 0 aliphatic carbocycles. The Morgan fingerprint density at radius 1 is 1.12 bits per heavy atom. The average Bonchev–Trinajstić information content (AvgIpc) is 2.92. The number of hydrogen-bond acceptors (Lipinski definition) is 4. The molecular weight excluding hydrogens is 340 g/mol. The first-order valence-electron chi connectivity index (χ1n) is 8.22. The minimum Gasteiger partial charge on any atom is -0.348 e. The van der Waals surface area contributed by atoms with Gasteiger partial charge in [-0.2, -0.15) is 8.42 Å². The molecule has 2 aromatic carbocycles. The maximum atomic E-state index is 11.7. The first-order chi connectivity index (χ1) is 11.7. The molecule has 6 heteroatoms. The van der Waals surface area contributed by atoms with Crippen molar-refractivity contribution in [3.63, 3.8) is 0 Å². The van der Waals surface area contributed by atoms with Crippen LogP contribution in [0, 0.1) is 0 Å². The lowest BCUT2D eigenvalue weighted by Crippen LogP contribution is -2.21. The zero-order valence-corrected chi connectivity index (χ0v) is 15.1. The highest BCUT2D eigenvalue weighted by atomic mass is 32.2. The fourth-order valence-electron chi connectivity index (χ4n) is 3.06. The summed E-state index contributed by atoms with van der Waals surface area (Å²) in [5.41, 5.74) is 2.48. The Labute approximate surface area is 148 Å². The molecule has 5 nitrogen and oxygen atoms in total. The monoisotopic (exact) mass is 362 g/mol. The maximum Gasteiger partial charge on any atom is 0.294 e. The summed E-state index contributed by atoms with van der Waals surface area (Å²) in [7, 11) is -4.27. The molecule has 3 rings (SSSR count). The Hall–Kier alpha value is -1.73. The lowest BCUT2D eigenvalue weighted by Gasteiger charge is -2.17. The van der Waals surface area contributed by atoms with E-state index in [9.17, 15) is 13.0 Å². The molecule has 0 radical (unpaired) electrons. The third kappa shape index (κ3) is 4.46. The predicted molar refractivity (Wildman–Crippen MR) is 94.9 cm³/mol. The molecule has 0 unspecified atom stereocenters. The molecule has 25 heavy (non-hydrogen) atoms. The van der Waals surface area contributed by atoms with Crippen LogP contribution in [0.4, 0.5) is 0 Å². The van der Waals surface area contributed by atoms with Crippen LogP contribution in [-0.4, -0.2) is 31.5 Å². The van der Waals surface area contributed by atoms with E-state index in [0.29, 0.717) is 25.0 Å². The highest BCUT2D eigenvalue weighted by Gasteiger charge is 2.32. The molecule has 0 amide bonds.